The Balaban J connectivity index is 3.50. The summed E-state index contributed by atoms with van der Waals surface area (Å²) in [6.07, 6.45) is 4.18. The summed E-state index contributed by atoms with van der Waals surface area (Å²) in [4.78, 5) is 10.2. The zero-order valence-electron chi connectivity index (χ0n) is 6.09. The monoisotopic (exact) mass is 150 g/mol. The number of hydrogen-bond acceptors (Lipinski definition) is 1. The van der Waals surface area contributed by atoms with Gasteiger partial charge >= 0.3 is 5.97 Å². The Morgan fingerprint density at radius 3 is 2.22 bits per heavy atom. The lowest BCUT2D eigenvalue weighted by atomic mass is 10.2. The summed E-state index contributed by atoms with van der Waals surface area (Å²) in [5.74, 6) is 0.00214. The molecule has 0 aliphatic heterocycles. The molecule has 3 heteroatoms. The van der Waals surface area contributed by atoms with Crippen LogP contribution in [0.15, 0.2) is 0 Å². The fourth-order valence-electron chi connectivity index (χ4n) is 0.626. The lowest BCUT2D eigenvalue weighted by molar-refractivity contribution is -0.140. The van der Waals surface area contributed by atoms with E-state index in [1.54, 1.807) is 6.92 Å². The van der Waals surface area contributed by atoms with Crippen molar-refractivity contribution in [3.8, 4) is 0 Å². The molecule has 0 spiro atoms. The molecular formula is C6H14O2S. The highest BCUT2D eigenvalue weighted by Crippen LogP contribution is 2.17. The smallest absolute Gasteiger partial charge is 0.306 e. The van der Waals surface area contributed by atoms with E-state index in [9.17, 15) is 4.79 Å². The van der Waals surface area contributed by atoms with Crippen molar-refractivity contribution in [2.24, 2.45) is 5.92 Å². The summed E-state index contributed by atoms with van der Waals surface area (Å²) in [6, 6.07) is 0. The minimum absolute atomic E-state index is 0.0532. The summed E-state index contributed by atoms with van der Waals surface area (Å²) in [6.45, 7) is 1.75. The highest BCUT2D eigenvalue weighted by molar-refractivity contribution is 8.15. The van der Waals surface area contributed by atoms with Crippen molar-refractivity contribution in [1.82, 2.24) is 0 Å². The van der Waals surface area contributed by atoms with Crippen LogP contribution < -0.4 is 0 Å². The van der Waals surface area contributed by atoms with Crippen molar-refractivity contribution in [3.05, 3.63) is 0 Å². The van der Waals surface area contributed by atoms with Crippen LogP contribution >= 0.6 is 10.9 Å². The van der Waals surface area contributed by atoms with E-state index >= 15 is 0 Å². The van der Waals surface area contributed by atoms with Crippen LogP contribution in [-0.4, -0.2) is 29.3 Å². The molecule has 0 bridgehead atoms. The first kappa shape index (κ1) is 8.82. The second-order valence-corrected chi connectivity index (χ2v) is 5.03. The van der Waals surface area contributed by atoms with Gasteiger partial charge in [0.25, 0.3) is 0 Å². The Hall–Kier alpha value is -0.180. The minimum atomic E-state index is -0.675. The molecule has 0 rings (SSSR count). The Morgan fingerprint density at radius 2 is 2.11 bits per heavy atom. The molecule has 0 heterocycles. The second kappa shape index (κ2) is 3.77. The molecule has 0 aromatic carbocycles. The van der Waals surface area contributed by atoms with Crippen molar-refractivity contribution in [3.63, 3.8) is 0 Å². The standard InChI is InChI=1S/C6H14O2S/c1-5(6(7)8)4-9(2)3/h5,9H,4H2,1-3H3,(H,7,8). The van der Waals surface area contributed by atoms with Gasteiger partial charge in [-0.1, -0.05) is 6.92 Å². The maximum atomic E-state index is 10.2. The molecule has 56 valence electrons. The van der Waals surface area contributed by atoms with Gasteiger partial charge in [0.15, 0.2) is 0 Å². The predicted octanol–water partition coefficient (Wildman–Crippen LogP) is 0.968. The summed E-state index contributed by atoms with van der Waals surface area (Å²) in [5, 5.41) is 8.44. The summed E-state index contributed by atoms with van der Waals surface area (Å²) < 4.78 is 0. The molecular weight excluding hydrogens is 136 g/mol. The first-order valence-corrected chi connectivity index (χ1v) is 5.33. The number of aliphatic carboxylic acids is 1. The van der Waals surface area contributed by atoms with E-state index in [0.29, 0.717) is 0 Å². The maximum absolute atomic E-state index is 10.2. The zero-order chi connectivity index (χ0) is 7.44. The van der Waals surface area contributed by atoms with E-state index in [1.807, 2.05) is 0 Å². The fourth-order valence-corrected chi connectivity index (χ4v) is 1.88. The van der Waals surface area contributed by atoms with Gasteiger partial charge in [-0.05, 0) is 18.3 Å². The van der Waals surface area contributed by atoms with E-state index in [0.717, 1.165) is 5.75 Å². The van der Waals surface area contributed by atoms with Crippen LogP contribution in [0.1, 0.15) is 6.92 Å². The van der Waals surface area contributed by atoms with Gasteiger partial charge in [-0.2, -0.15) is 0 Å². The molecule has 2 nitrogen and oxygen atoms in total. The SMILES string of the molecule is CC(C[SH](C)C)C(=O)O. The minimum Gasteiger partial charge on any atom is -0.481 e. The van der Waals surface area contributed by atoms with Gasteiger partial charge in [0.1, 0.15) is 0 Å². The molecule has 1 N–H and O–H groups in total. The van der Waals surface area contributed by atoms with Crippen LogP contribution in [0.3, 0.4) is 0 Å². The fraction of sp³-hybridized carbons (Fsp3) is 0.833. The van der Waals surface area contributed by atoms with Gasteiger partial charge in [-0.25, -0.2) is 0 Å². The molecule has 0 amide bonds. The Kier molecular flexibility index (Phi) is 3.70. The van der Waals surface area contributed by atoms with E-state index in [2.05, 4.69) is 12.5 Å². The molecule has 0 radical (unpaired) electrons. The van der Waals surface area contributed by atoms with Crippen molar-refractivity contribution in [2.75, 3.05) is 18.3 Å². The highest BCUT2D eigenvalue weighted by Gasteiger charge is 2.09. The third kappa shape index (κ3) is 4.33. The summed E-state index contributed by atoms with van der Waals surface area (Å²) in [7, 11) is -0.0532. The lowest BCUT2D eigenvalue weighted by Gasteiger charge is -2.11. The van der Waals surface area contributed by atoms with E-state index in [4.69, 9.17) is 5.11 Å². The molecule has 0 saturated carbocycles. The topological polar surface area (TPSA) is 37.3 Å². The van der Waals surface area contributed by atoms with Crippen LogP contribution in [0, 0.1) is 5.92 Å². The van der Waals surface area contributed by atoms with Crippen LogP contribution in [0.4, 0.5) is 0 Å². The number of carboxylic acids is 1. The normalized spacial score (nSPS) is 14.8. The lowest BCUT2D eigenvalue weighted by Crippen LogP contribution is -2.13. The molecule has 1 atom stereocenters. The maximum Gasteiger partial charge on any atom is 0.306 e. The zero-order valence-corrected chi connectivity index (χ0v) is 6.98. The number of carboxylic acid groups (broad SMARTS) is 1. The Morgan fingerprint density at radius 1 is 1.67 bits per heavy atom. The average Bonchev–Trinajstić information content (AvgIpc) is 1.63. The van der Waals surface area contributed by atoms with Crippen molar-refractivity contribution in [2.45, 2.75) is 6.92 Å². The summed E-state index contributed by atoms with van der Waals surface area (Å²) in [5.41, 5.74) is 0. The number of hydrogen-bond donors (Lipinski definition) is 2. The first-order chi connectivity index (χ1) is 4.04. The second-order valence-electron chi connectivity index (χ2n) is 2.50. The third-order valence-corrected chi connectivity index (χ3v) is 2.34. The first-order valence-electron chi connectivity index (χ1n) is 2.91. The largest absolute Gasteiger partial charge is 0.481 e. The Labute approximate surface area is 58.6 Å². The van der Waals surface area contributed by atoms with Crippen molar-refractivity contribution < 1.29 is 9.90 Å². The molecule has 0 fully saturated rings. The number of thiol groups is 1. The van der Waals surface area contributed by atoms with Gasteiger partial charge < -0.3 is 5.11 Å². The number of carbonyl (C=O) groups is 1. The van der Waals surface area contributed by atoms with Crippen LogP contribution in [0.5, 0.6) is 0 Å². The van der Waals surface area contributed by atoms with Gasteiger partial charge in [-0.3, -0.25) is 15.7 Å². The van der Waals surface area contributed by atoms with Crippen molar-refractivity contribution >= 4 is 16.9 Å². The van der Waals surface area contributed by atoms with Crippen LogP contribution in [0.25, 0.3) is 0 Å². The van der Waals surface area contributed by atoms with Gasteiger partial charge in [0, 0.05) is 0 Å². The van der Waals surface area contributed by atoms with E-state index in [1.165, 1.54) is 0 Å². The molecule has 0 aliphatic rings. The van der Waals surface area contributed by atoms with Crippen LogP contribution in [-0.2, 0) is 4.79 Å². The van der Waals surface area contributed by atoms with E-state index in [-0.39, 0.29) is 16.8 Å². The number of rotatable bonds is 3. The third-order valence-electron chi connectivity index (χ3n) is 1.06. The quantitative estimate of drug-likeness (QED) is 0.588. The molecule has 0 saturated heterocycles. The Bertz CT molecular complexity index is 101. The molecule has 0 aromatic heterocycles. The molecule has 9 heavy (non-hydrogen) atoms. The molecule has 1 unspecified atom stereocenters. The van der Waals surface area contributed by atoms with E-state index < -0.39 is 5.97 Å². The summed E-state index contributed by atoms with van der Waals surface area (Å²) >= 11 is 0. The van der Waals surface area contributed by atoms with Crippen LogP contribution in [0.2, 0.25) is 0 Å². The van der Waals surface area contributed by atoms with Gasteiger partial charge in [0.2, 0.25) is 0 Å². The molecule has 0 aromatic rings. The molecule has 0 aliphatic carbocycles. The highest BCUT2D eigenvalue weighted by atomic mass is 32.2. The average molecular weight is 150 g/mol. The van der Waals surface area contributed by atoms with Gasteiger partial charge in [-0.15, -0.1) is 0 Å². The van der Waals surface area contributed by atoms with Gasteiger partial charge in [0.05, 0.1) is 5.92 Å². The van der Waals surface area contributed by atoms with Crippen molar-refractivity contribution in [1.29, 1.82) is 0 Å². The predicted molar refractivity (Wildman–Crippen MR) is 42.5 cm³/mol.